The van der Waals surface area contributed by atoms with Crippen LogP contribution in [0.5, 0.6) is 11.5 Å². The molecule has 0 radical (unpaired) electrons. The molecule has 6 heteroatoms. The van der Waals surface area contributed by atoms with Crippen molar-refractivity contribution in [1.82, 2.24) is 9.80 Å². The van der Waals surface area contributed by atoms with Crippen molar-refractivity contribution in [1.29, 1.82) is 0 Å². The molecule has 120 valence electrons. The summed E-state index contributed by atoms with van der Waals surface area (Å²) in [7, 11) is 3.84. The van der Waals surface area contributed by atoms with Gasteiger partial charge in [0.25, 0.3) is 5.91 Å². The molecule has 1 saturated heterocycles. The fraction of sp³-hybridized carbons (Fsp3) is 0.562. The van der Waals surface area contributed by atoms with Crippen LogP contribution in [0.15, 0.2) is 18.2 Å². The van der Waals surface area contributed by atoms with Gasteiger partial charge in [0.1, 0.15) is 13.2 Å². The highest BCUT2D eigenvalue weighted by molar-refractivity contribution is 5.95. The van der Waals surface area contributed by atoms with Crippen molar-refractivity contribution in [2.45, 2.75) is 12.0 Å². The van der Waals surface area contributed by atoms with Crippen LogP contribution in [0.25, 0.3) is 0 Å². The van der Waals surface area contributed by atoms with E-state index in [4.69, 9.17) is 9.47 Å². The molecule has 22 heavy (non-hydrogen) atoms. The number of aliphatic hydroxyl groups is 1. The molecule has 0 aliphatic carbocycles. The smallest absolute Gasteiger partial charge is 0.254 e. The summed E-state index contributed by atoms with van der Waals surface area (Å²) >= 11 is 0. The van der Waals surface area contributed by atoms with Crippen LogP contribution < -0.4 is 9.47 Å². The number of fused-ring (bicyclic) bond motifs is 1. The number of hydrogen-bond acceptors (Lipinski definition) is 5. The van der Waals surface area contributed by atoms with Crippen LogP contribution in [0.4, 0.5) is 0 Å². The molecule has 1 atom stereocenters. The van der Waals surface area contributed by atoms with Crippen LogP contribution in [-0.4, -0.2) is 73.4 Å². The molecule has 6 nitrogen and oxygen atoms in total. The van der Waals surface area contributed by atoms with E-state index < -0.39 is 5.60 Å². The Morgan fingerprint density at radius 2 is 2.05 bits per heavy atom. The lowest BCUT2D eigenvalue weighted by Gasteiger charge is -2.26. The summed E-state index contributed by atoms with van der Waals surface area (Å²) in [5.41, 5.74) is -0.258. The molecule has 2 heterocycles. The molecular weight excluding hydrogens is 284 g/mol. The van der Waals surface area contributed by atoms with Crippen LogP contribution in [0.2, 0.25) is 0 Å². The average molecular weight is 306 g/mol. The predicted molar refractivity (Wildman–Crippen MR) is 81.5 cm³/mol. The molecule has 1 aromatic rings. The van der Waals surface area contributed by atoms with E-state index >= 15 is 0 Å². The lowest BCUT2D eigenvalue weighted by atomic mass is 10.0. The van der Waals surface area contributed by atoms with E-state index in [1.54, 1.807) is 23.1 Å². The van der Waals surface area contributed by atoms with E-state index in [1.807, 2.05) is 19.0 Å². The molecule has 0 unspecified atom stereocenters. The fourth-order valence-electron chi connectivity index (χ4n) is 3.11. The van der Waals surface area contributed by atoms with Gasteiger partial charge >= 0.3 is 0 Å². The van der Waals surface area contributed by atoms with Crippen molar-refractivity contribution in [2.75, 3.05) is 46.9 Å². The second kappa shape index (κ2) is 5.78. The second-order valence-electron chi connectivity index (χ2n) is 6.30. The second-order valence-corrected chi connectivity index (χ2v) is 6.30. The van der Waals surface area contributed by atoms with Gasteiger partial charge in [0.15, 0.2) is 11.5 Å². The van der Waals surface area contributed by atoms with E-state index in [0.29, 0.717) is 56.3 Å². The van der Waals surface area contributed by atoms with E-state index in [0.717, 1.165) is 0 Å². The van der Waals surface area contributed by atoms with Crippen LogP contribution in [0, 0.1) is 0 Å². The van der Waals surface area contributed by atoms with E-state index in [2.05, 4.69) is 0 Å². The average Bonchev–Trinajstić information content (AvgIpc) is 2.87. The molecule has 3 rings (SSSR count). The topological polar surface area (TPSA) is 62.2 Å². The number of β-amino-alcohol motifs (C(OH)–C–C–N with tert-alkyl or cyclic N) is 1. The third-order valence-electron chi connectivity index (χ3n) is 4.02. The van der Waals surface area contributed by atoms with Gasteiger partial charge in [-0.3, -0.25) is 4.79 Å². The van der Waals surface area contributed by atoms with Crippen LogP contribution in [-0.2, 0) is 0 Å². The predicted octanol–water partition coefficient (Wildman–Crippen LogP) is 0.596. The van der Waals surface area contributed by atoms with Gasteiger partial charge in [0.05, 0.1) is 12.1 Å². The van der Waals surface area contributed by atoms with Crippen LogP contribution >= 0.6 is 0 Å². The lowest BCUT2D eigenvalue weighted by molar-refractivity contribution is 0.0236. The van der Waals surface area contributed by atoms with Gasteiger partial charge in [-0.2, -0.15) is 0 Å². The Hall–Kier alpha value is -1.79. The van der Waals surface area contributed by atoms with Crippen LogP contribution in [0.1, 0.15) is 16.8 Å². The monoisotopic (exact) mass is 306 g/mol. The van der Waals surface area contributed by atoms with Crippen molar-refractivity contribution in [3.8, 4) is 11.5 Å². The molecule has 2 aliphatic heterocycles. The summed E-state index contributed by atoms with van der Waals surface area (Å²) in [6.07, 6.45) is 0.599. The summed E-state index contributed by atoms with van der Waals surface area (Å²) in [5, 5.41) is 10.5. The van der Waals surface area contributed by atoms with Gasteiger partial charge in [-0.25, -0.2) is 0 Å². The number of hydrogen-bond donors (Lipinski definition) is 1. The standard InChI is InChI=1S/C16H22N2O4/c1-17(2)10-16(20)5-6-18(11-16)15(19)12-3-4-13-14(9-12)22-8-7-21-13/h3-4,9,20H,5-8,10-11H2,1-2H3/t16-/m0/s1. The molecule has 1 fully saturated rings. The Kier molecular flexibility index (Phi) is 3.97. The lowest BCUT2D eigenvalue weighted by Crippen LogP contribution is -2.43. The highest BCUT2D eigenvalue weighted by atomic mass is 16.6. The Bertz CT molecular complexity index is 575. The fourth-order valence-corrected chi connectivity index (χ4v) is 3.11. The largest absolute Gasteiger partial charge is 0.486 e. The maximum absolute atomic E-state index is 12.6. The number of carbonyl (C=O) groups excluding carboxylic acids is 1. The van der Waals surface area contributed by atoms with Gasteiger partial charge in [-0.15, -0.1) is 0 Å². The number of carbonyl (C=O) groups is 1. The first-order valence-electron chi connectivity index (χ1n) is 7.53. The zero-order chi connectivity index (χ0) is 15.7. The molecule has 0 bridgehead atoms. The highest BCUT2D eigenvalue weighted by Gasteiger charge is 2.38. The number of likely N-dealkylation sites (tertiary alicyclic amines) is 1. The zero-order valence-electron chi connectivity index (χ0n) is 13.0. The highest BCUT2D eigenvalue weighted by Crippen LogP contribution is 2.32. The quantitative estimate of drug-likeness (QED) is 0.886. The number of rotatable bonds is 3. The minimum atomic E-state index is -0.826. The normalized spacial score (nSPS) is 23.9. The first-order valence-corrected chi connectivity index (χ1v) is 7.53. The third-order valence-corrected chi connectivity index (χ3v) is 4.02. The minimum Gasteiger partial charge on any atom is -0.486 e. The summed E-state index contributed by atoms with van der Waals surface area (Å²) in [6.45, 7) is 2.51. The number of ether oxygens (including phenoxy) is 2. The number of nitrogens with zero attached hydrogens (tertiary/aromatic N) is 2. The molecule has 2 aliphatic rings. The van der Waals surface area contributed by atoms with Gasteiger partial charge in [-0.1, -0.05) is 0 Å². The van der Waals surface area contributed by atoms with Crippen molar-refractivity contribution in [2.24, 2.45) is 0 Å². The van der Waals surface area contributed by atoms with Crippen LogP contribution in [0.3, 0.4) is 0 Å². The maximum Gasteiger partial charge on any atom is 0.254 e. The first-order chi connectivity index (χ1) is 10.5. The molecule has 1 amide bonds. The molecular formula is C16H22N2O4. The Morgan fingerprint density at radius 3 is 2.77 bits per heavy atom. The SMILES string of the molecule is CN(C)C[C@@]1(O)CCN(C(=O)c2ccc3c(c2)OCCO3)C1. The molecule has 1 aromatic carbocycles. The van der Waals surface area contributed by atoms with Gasteiger partial charge in [-0.05, 0) is 38.7 Å². The number of likely N-dealkylation sites (N-methyl/N-ethyl adjacent to an activating group) is 1. The van der Waals surface area contributed by atoms with Crippen molar-refractivity contribution in [3.05, 3.63) is 23.8 Å². The molecule has 0 spiro atoms. The summed E-state index contributed by atoms with van der Waals surface area (Å²) in [5.74, 6) is 1.21. The van der Waals surface area contributed by atoms with E-state index in [-0.39, 0.29) is 5.91 Å². The molecule has 0 saturated carbocycles. The van der Waals surface area contributed by atoms with Gasteiger partial charge in [0, 0.05) is 18.7 Å². The summed E-state index contributed by atoms with van der Waals surface area (Å²) in [4.78, 5) is 16.3. The third kappa shape index (κ3) is 3.03. The number of benzene rings is 1. The minimum absolute atomic E-state index is 0.0772. The van der Waals surface area contributed by atoms with E-state index in [1.165, 1.54) is 0 Å². The summed E-state index contributed by atoms with van der Waals surface area (Å²) in [6, 6.07) is 5.24. The van der Waals surface area contributed by atoms with Gasteiger partial charge < -0.3 is 24.4 Å². The molecule has 0 aromatic heterocycles. The number of amides is 1. The van der Waals surface area contributed by atoms with Crippen molar-refractivity contribution in [3.63, 3.8) is 0 Å². The van der Waals surface area contributed by atoms with Gasteiger partial charge in [0.2, 0.25) is 0 Å². The first kappa shape index (κ1) is 15.1. The van der Waals surface area contributed by atoms with Crippen molar-refractivity contribution >= 4 is 5.91 Å². The Labute approximate surface area is 130 Å². The zero-order valence-corrected chi connectivity index (χ0v) is 13.0. The molecule has 1 N–H and O–H groups in total. The van der Waals surface area contributed by atoms with Crippen molar-refractivity contribution < 1.29 is 19.4 Å². The Balaban J connectivity index is 1.72. The van der Waals surface area contributed by atoms with E-state index in [9.17, 15) is 9.90 Å². The maximum atomic E-state index is 12.6. The Morgan fingerprint density at radius 1 is 1.32 bits per heavy atom. The summed E-state index contributed by atoms with van der Waals surface area (Å²) < 4.78 is 11.0.